The number of aromatic nitrogens is 7. The number of aliphatic hydroxyl groups excluding tert-OH is 1. The molecule has 0 aliphatic carbocycles. The van der Waals surface area contributed by atoms with Gasteiger partial charge in [-0.05, 0) is 18.6 Å². The molecule has 0 bridgehead atoms. The molecule has 4 aromatic heterocycles. The maximum Gasteiger partial charge on any atom is 0.180 e. The summed E-state index contributed by atoms with van der Waals surface area (Å²) in [6.07, 6.45) is 9.69. The van der Waals surface area contributed by atoms with E-state index in [2.05, 4.69) is 26.9 Å². The van der Waals surface area contributed by atoms with Crippen molar-refractivity contribution in [2.75, 3.05) is 25.7 Å². The number of hydrogen-bond acceptors (Lipinski definition) is 9. The Bertz CT molecular complexity index is 1560. The molecule has 0 aliphatic rings. The van der Waals surface area contributed by atoms with Crippen LogP contribution in [0.3, 0.4) is 0 Å². The fraction of sp³-hybridized carbons (Fsp3) is 0.296. The number of imidazole rings is 1. The van der Waals surface area contributed by atoms with Crippen LogP contribution in [0, 0.1) is 0 Å². The van der Waals surface area contributed by atoms with Crippen LogP contribution >= 0.6 is 0 Å². The zero-order valence-electron chi connectivity index (χ0n) is 21.9. The molecule has 0 saturated carbocycles. The predicted octanol–water partition coefficient (Wildman–Crippen LogP) is 3.53. The third-order valence-electron chi connectivity index (χ3n) is 6.37. The zero-order chi connectivity index (χ0) is 26.6. The molecule has 11 nitrogen and oxygen atoms in total. The van der Waals surface area contributed by atoms with Crippen molar-refractivity contribution >= 4 is 22.7 Å². The minimum Gasteiger partial charge on any atom is -0.497 e. The van der Waals surface area contributed by atoms with Crippen LogP contribution in [0.15, 0.2) is 55.2 Å². The van der Waals surface area contributed by atoms with Gasteiger partial charge in [-0.15, -0.1) is 0 Å². The lowest BCUT2D eigenvalue weighted by Crippen LogP contribution is -2.22. The van der Waals surface area contributed by atoms with Crippen molar-refractivity contribution in [2.24, 2.45) is 7.05 Å². The molecule has 1 N–H and O–H groups in total. The molecule has 5 aromatic rings. The standard InChI is InChI=1S/C27H30N8O3/c1-5-20-23(12-19(37-3)13-24(20)38-4)35(17-26-28-8-9-34(26)10-11-36)25-7-6-21-27(32-25)31-22(15-29-21)18-14-30-33(2)16-18/h6-9,12-16,36H,5,10-11,17H2,1-4H3. The molecule has 0 amide bonds. The minimum absolute atomic E-state index is 0.0114. The zero-order valence-corrected chi connectivity index (χ0v) is 21.9. The highest BCUT2D eigenvalue weighted by Gasteiger charge is 2.22. The molecule has 0 unspecified atom stereocenters. The molecule has 0 spiro atoms. The monoisotopic (exact) mass is 514 g/mol. The molecule has 11 heteroatoms. The van der Waals surface area contributed by atoms with Crippen LogP contribution in [0.2, 0.25) is 0 Å². The highest BCUT2D eigenvalue weighted by molar-refractivity contribution is 5.78. The predicted molar refractivity (Wildman–Crippen MR) is 144 cm³/mol. The van der Waals surface area contributed by atoms with E-state index in [0.717, 1.165) is 34.8 Å². The topological polar surface area (TPSA) is 116 Å². The quantitative estimate of drug-likeness (QED) is 0.299. The van der Waals surface area contributed by atoms with Gasteiger partial charge in [-0.3, -0.25) is 9.67 Å². The van der Waals surface area contributed by atoms with Crippen molar-refractivity contribution in [3.8, 4) is 22.8 Å². The van der Waals surface area contributed by atoms with Gasteiger partial charge in [0.1, 0.15) is 28.7 Å². The van der Waals surface area contributed by atoms with Gasteiger partial charge in [0.05, 0.1) is 51.1 Å². The van der Waals surface area contributed by atoms with Crippen LogP contribution in [0.5, 0.6) is 11.5 Å². The average molecular weight is 515 g/mol. The molecule has 1 aromatic carbocycles. The molecule has 196 valence electrons. The normalized spacial score (nSPS) is 11.2. The number of anilines is 2. The van der Waals surface area contributed by atoms with E-state index in [-0.39, 0.29) is 6.61 Å². The Hall–Kier alpha value is -4.51. The van der Waals surface area contributed by atoms with Gasteiger partial charge in [0, 0.05) is 55.4 Å². The Labute approximate surface area is 220 Å². The van der Waals surface area contributed by atoms with Crippen molar-refractivity contribution < 1.29 is 14.6 Å². The molecule has 0 radical (unpaired) electrons. The first-order valence-electron chi connectivity index (χ1n) is 12.3. The Morgan fingerprint density at radius 3 is 2.63 bits per heavy atom. The Kier molecular flexibility index (Phi) is 7.18. The second-order valence-electron chi connectivity index (χ2n) is 8.70. The third-order valence-corrected chi connectivity index (χ3v) is 6.37. The largest absolute Gasteiger partial charge is 0.497 e. The van der Waals surface area contributed by atoms with Gasteiger partial charge in [-0.1, -0.05) is 6.92 Å². The number of aliphatic hydroxyl groups is 1. The van der Waals surface area contributed by atoms with E-state index in [0.29, 0.717) is 41.5 Å². The van der Waals surface area contributed by atoms with Gasteiger partial charge in [0.25, 0.3) is 0 Å². The van der Waals surface area contributed by atoms with Gasteiger partial charge < -0.3 is 24.0 Å². The second kappa shape index (κ2) is 10.9. The van der Waals surface area contributed by atoms with Gasteiger partial charge in [0.2, 0.25) is 0 Å². The summed E-state index contributed by atoms with van der Waals surface area (Å²) >= 11 is 0. The van der Waals surface area contributed by atoms with E-state index in [1.165, 1.54) is 0 Å². The number of hydrogen-bond donors (Lipinski definition) is 1. The summed E-state index contributed by atoms with van der Waals surface area (Å²) in [5.74, 6) is 2.83. The summed E-state index contributed by atoms with van der Waals surface area (Å²) in [5.41, 5.74) is 4.64. The Morgan fingerprint density at radius 2 is 1.92 bits per heavy atom. The van der Waals surface area contributed by atoms with Crippen LogP contribution in [0.4, 0.5) is 11.5 Å². The maximum absolute atomic E-state index is 9.56. The molecular weight excluding hydrogens is 484 g/mol. The molecule has 38 heavy (non-hydrogen) atoms. The van der Waals surface area contributed by atoms with Crippen molar-refractivity contribution in [1.82, 2.24) is 34.3 Å². The number of ether oxygens (including phenoxy) is 2. The van der Waals surface area contributed by atoms with Crippen LogP contribution in [0.1, 0.15) is 18.3 Å². The fourth-order valence-electron chi connectivity index (χ4n) is 4.47. The van der Waals surface area contributed by atoms with E-state index in [1.54, 1.807) is 37.5 Å². The van der Waals surface area contributed by atoms with Crippen molar-refractivity contribution in [2.45, 2.75) is 26.4 Å². The van der Waals surface area contributed by atoms with Crippen molar-refractivity contribution in [1.29, 1.82) is 0 Å². The summed E-state index contributed by atoms with van der Waals surface area (Å²) < 4.78 is 15.0. The lowest BCUT2D eigenvalue weighted by Gasteiger charge is -2.28. The van der Waals surface area contributed by atoms with Crippen LogP contribution in [0.25, 0.3) is 22.4 Å². The molecule has 5 rings (SSSR count). The molecule has 0 atom stereocenters. The van der Waals surface area contributed by atoms with E-state index in [9.17, 15) is 5.11 Å². The van der Waals surface area contributed by atoms with Gasteiger partial charge in [-0.25, -0.2) is 15.0 Å². The first kappa shape index (κ1) is 25.2. The van der Waals surface area contributed by atoms with Crippen molar-refractivity contribution in [3.63, 3.8) is 0 Å². The summed E-state index contributed by atoms with van der Waals surface area (Å²) in [7, 11) is 5.15. The first-order chi connectivity index (χ1) is 18.5. The Balaban J connectivity index is 1.67. The van der Waals surface area contributed by atoms with Crippen LogP contribution in [-0.2, 0) is 26.6 Å². The number of methoxy groups -OCH3 is 2. The summed E-state index contributed by atoms with van der Waals surface area (Å²) in [6.45, 7) is 2.93. The number of fused-ring (bicyclic) bond motifs is 1. The minimum atomic E-state index is 0.0114. The molecule has 0 aliphatic heterocycles. The lowest BCUT2D eigenvalue weighted by molar-refractivity contribution is 0.274. The summed E-state index contributed by atoms with van der Waals surface area (Å²) in [4.78, 5) is 20.9. The number of benzene rings is 1. The first-order valence-corrected chi connectivity index (χ1v) is 12.3. The van der Waals surface area contributed by atoms with Crippen molar-refractivity contribution in [3.05, 3.63) is 66.6 Å². The average Bonchev–Trinajstić information content (AvgIpc) is 3.59. The SMILES string of the molecule is CCc1c(OC)cc(OC)cc1N(Cc1nccn1CCO)c1ccc2ncc(-c3cnn(C)c3)nc2n1. The number of pyridine rings is 1. The van der Waals surface area contributed by atoms with Gasteiger partial charge in [0.15, 0.2) is 5.65 Å². The third kappa shape index (κ3) is 4.88. The molecule has 0 saturated heterocycles. The molecule has 0 fully saturated rings. The highest BCUT2D eigenvalue weighted by atomic mass is 16.5. The van der Waals surface area contributed by atoms with E-state index < -0.39 is 0 Å². The number of nitrogens with zero attached hydrogens (tertiary/aromatic N) is 8. The molecular formula is C27H30N8O3. The number of aryl methyl sites for hydroxylation is 1. The van der Waals surface area contributed by atoms with Gasteiger partial charge >= 0.3 is 0 Å². The smallest absolute Gasteiger partial charge is 0.180 e. The molecule has 4 heterocycles. The second-order valence-corrected chi connectivity index (χ2v) is 8.70. The van der Waals surface area contributed by atoms with E-state index >= 15 is 0 Å². The fourth-order valence-corrected chi connectivity index (χ4v) is 4.47. The maximum atomic E-state index is 9.56. The lowest BCUT2D eigenvalue weighted by atomic mass is 10.1. The summed E-state index contributed by atoms with van der Waals surface area (Å²) in [5, 5.41) is 13.8. The van der Waals surface area contributed by atoms with Crippen LogP contribution < -0.4 is 14.4 Å². The summed E-state index contributed by atoms with van der Waals surface area (Å²) in [6, 6.07) is 7.69. The van der Waals surface area contributed by atoms with Crippen LogP contribution in [-0.4, -0.2) is 60.2 Å². The van der Waals surface area contributed by atoms with Gasteiger partial charge in [-0.2, -0.15) is 5.10 Å². The highest BCUT2D eigenvalue weighted by Crippen LogP contribution is 2.39. The van der Waals surface area contributed by atoms with E-state index in [4.69, 9.17) is 19.4 Å². The Morgan fingerprint density at radius 1 is 1.05 bits per heavy atom. The number of rotatable bonds is 10. The van der Waals surface area contributed by atoms with E-state index in [1.807, 2.05) is 48.3 Å².